The van der Waals surface area contributed by atoms with Gasteiger partial charge >= 0.3 is 0 Å². The molecule has 0 amide bonds. The molecule has 1 aromatic heterocycles. The van der Waals surface area contributed by atoms with Crippen molar-refractivity contribution >= 4 is 61.8 Å². The van der Waals surface area contributed by atoms with Crippen LogP contribution < -0.4 is 4.90 Å². The zero-order valence-electron chi connectivity index (χ0n) is 24.2. The first-order valence-corrected chi connectivity index (χ1v) is 15.0. The Hall–Kier alpha value is -5.86. The monoisotopic (exact) mass is 562 g/mol. The molecule has 0 unspecified atom stereocenters. The Balaban J connectivity index is 1.23. The zero-order valence-corrected chi connectivity index (χ0v) is 24.2. The van der Waals surface area contributed by atoms with Gasteiger partial charge in [0.25, 0.3) is 0 Å². The Morgan fingerprint density at radius 1 is 0.386 bits per heavy atom. The highest BCUT2D eigenvalue weighted by atomic mass is 15.1. The summed E-state index contributed by atoms with van der Waals surface area (Å²) in [5.41, 5.74) is 9.31. The third kappa shape index (κ3) is 4.63. The second-order valence-electron chi connectivity index (χ2n) is 11.1. The minimum absolute atomic E-state index is 1.11. The summed E-state index contributed by atoms with van der Waals surface area (Å²) in [4.78, 5) is 2.36. The molecule has 208 valence electrons. The molecular formula is C42H30N2. The van der Waals surface area contributed by atoms with Crippen LogP contribution in [0.25, 0.3) is 50.4 Å². The largest absolute Gasteiger partial charge is 0.310 e. The van der Waals surface area contributed by atoms with Gasteiger partial charge in [0.1, 0.15) is 0 Å². The predicted octanol–water partition coefficient (Wildman–Crippen LogP) is 11.6. The zero-order chi connectivity index (χ0) is 29.3. The summed E-state index contributed by atoms with van der Waals surface area (Å²) in [6.07, 6.45) is 4.33. The Kier molecular flexibility index (Phi) is 6.51. The smallest absolute Gasteiger partial charge is 0.0541 e. The van der Waals surface area contributed by atoms with E-state index in [1.807, 2.05) is 6.07 Å². The van der Waals surface area contributed by atoms with Gasteiger partial charge in [0.05, 0.1) is 16.7 Å². The minimum Gasteiger partial charge on any atom is -0.310 e. The quantitative estimate of drug-likeness (QED) is 0.183. The molecule has 0 radical (unpaired) electrons. The van der Waals surface area contributed by atoms with Gasteiger partial charge in [0.15, 0.2) is 0 Å². The first-order chi connectivity index (χ1) is 21.8. The third-order valence-electron chi connectivity index (χ3n) is 8.37. The van der Waals surface area contributed by atoms with Gasteiger partial charge in [-0.15, -0.1) is 0 Å². The van der Waals surface area contributed by atoms with Gasteiger partial charge in [0.2, 0.25) is 0 Å². The lowest BCUT2D eigenvalue weighted by atomic mass is 10.1. The molecule has 7 aromatic carbocycles. The lowest BCUT2D eigenvalue weighted by Gasteiger charge is -2.27. The second-order valence-corrected chi connectivity index (χ2v) is 11.1. The van der Waals surface area contributed by atoms with E-state index in [2.05, 4.69) is 185 Å². The minimum atomic E-state index is 1.11. The molecule has 0 aliphatic rings. The summed E-state index contributed by atoms with van der Waals surface area (Å²) >= 11 is 0. The SMILES string of the molecule is C(=Cc1ccc(N(c2ccc(-n3c4ccccc4c4ccccc43)cc2)c2cccc3ccccc23)cc1)c1ccccc1. The molecule has 0 spiro atoms. The van der Waals surface area contributed by atoms with Crippen molar-refractivity contribution in [3.05, 3.63) is 181 Å². The van der Waals surface area contributed by atoms with Crippen LogP contribution in [-0.2, 0) is 0 Å². The number of nitrogens with zero attached hydrogens (tertiary/aromatic N) is 2. The topological polar surface area (TPSA) is 8.17 Å². The molecule has 2 nitrogen and oxygen atoms in total. The van der Waals surface area contributed by atoms with Gasteiger partial charge < -0.3 is 9.47 Å². The maximum atomic E-state index is 2.37. The molecule has 1 heterocycles. The molecule has 0 N–H and O–H groups in total. The van der Waals surface area contributed by atoms with Crippen LogP contribution in [0.3, 0.4) is 0 Å². The van der Waals surface area contributed by atoms with E-state index in [0.717, 1.165) is 28.3 Å². The average molecular weight is 563 g/mol. The second kappa shape index (κ2) is 11.1. The Morgan fingerprint density at radius 2 is 0.886 bits per heavy atom. The van der Waals surface area contributed by atoms with Crippen molar-refractivity contribution in [3.8, 4) is 5.69 Å². The van der Waals surface area contributed by atoms with E-state index in [0.29, 0.717) is 0 Å². The molecule has 0 bridgehead atoms. The normalized spacial score (nSPS) is 11.5. The summed E-state index contributed by atoms with van der Waals surface area (Å²) in [6.45, 7) is 0. The van der Waals surface area contributed by atoms with Crippen LogP contribution in [0.5, 0.6) is 0 Å². The van der Waals surface area contributed by atoms with Crippen molar-refractivity contribution in [2.24, 2.45) is 0 Å². The van der Waals surface area contributed by atoms with E-state index >= 15 is 0 Å². The number of hydrogen-bond donors (Lipinski definition) is 0. The molecule has 44 heavy (non-hydrogen) atoms. The summed E-state index contributed by atoms with van der Waals surface area (Å²) in [5.74, 6) is 0. The van der Waals surface area contributed by atoms with Crippen LogP contribution in [-0.4, -0.2) is 4.57 Å². The maximum absolute atomic E-state index is 2.37. The number of para-hydroxylation sites is 2. The van der Waals surface area contributed by atoms with Crippen molar-refractivity contribution in [2.45, 2.75) is 0 Å². The Bertz CT molecular complexity index is 2200. The molecule has 0 saturated carbocycles. The van der Waals surface area contributed by atoms with Gasteiger partial charge in [-0.2, -0.15) is 0 Å². The fourth-order valence-electron chi connectivity index (χ4n) is 6.27. The standard InChI is InChI=1S/C42H30N2/c1-2-11-31(12-3-1)21-22-32-23-25-34(26-24-32)43(40-20-10-14-33-13-4-5-15-37(33)40)35-27-29-36(30-28-35)44-41-18-8-6-16-38(41)39-17-7-9-19-42(39)44/h1-30H. The van der Waals surface area contributed by atoms with E-state index in [-0.39, 0.29) is 0 Å². The molecular weight excluding hydrogens is 532 g/mol. The van der Waals surface area contributed by atoms with Crippen molar-refractivity contribution in [1.82, 2.24) is 4.57 Å². The lowest BCUT2D eigenvalue weighted by molar-refractivity contribution is 1.17. The van der Waals surface area contributed by atoms with Crippen LogP contribution in [0.4, 0.5) is 17.1 Å². The van der Waals surface area contributed by atoms with Crippen molar-refractivity contribution < 1.29 is 0 Å². The Morgan fingerprint density at radius 3 is 1.55 bits per heavy atom. The fourth-order valence-corrected chi connectivity index (χ4v) is 6.27. The van der Waals surface area contributed by atoms with Gasteiger partial charge in [-0.3, -0.25) is 0 Å². The molecule has 0 aliphatic carbocycles. The van der Waals surface area contributed by atoms with E-state index in [9.17, 15) is 0 Å². The highest BCUT2D eigenvalue weighted by molar-refractivity contribution is 6.09. The highest BCUT2D eigenvalue weighted by Gasteiger charge is 2.16. The number of benzene rings is 7. The number of anilines is 3. The van der Waals surface area contributed by atoms with E-state index in [1.54, 1.807) is 0 Å². The first-order valence-electron chi connectivity index (χ1n) is 15.0. The number of aromatic nitrogens is 1. The predicted molar refractivity (Wildman–Crippen MR) is 188 cm³/mol. The number of rotatable bonds is 6. The summed E-state index contributed by atoms with van der Waals surface area (Å²) in [5, 5.41) is 4.98. The molecule has 8 aromatic rings. The van der Waals surface area contributed by atoms with Crippen molar-refractivity contribution in [1.29, 1.82) is 0 Å². The van der Waals surface area contributed by atoms with E-state index < -0.39 is 0 Å². The first kappa shape index (κ1) is 25.8. The molecule has 8 rings (SSSR count). The van der Waals surface area contributed by atoms with Crippen LogP contribution >= 0.6 is 0 Å². The summed E-state index contributed by atoms with van der Waals surface area (Å²) in [6, 6.07) is 60.7. The van der Waals surface area contributed by atoms with Crippen molar-refractivity contribution in [2.75, 3.05) is 4.90 Å². The number of fused-ring (bicyclic) bond motifs is 4. The Labute approximate surface area is 257 Å². The van der Waals surface area contributed by atoms with Gasteiger partial charge in [0, 0.05) is 33.2 Å². The molecule has 2 heteroatoms. The van der Waals surface area contributed by atoms with Crippen LogP contribution in [0.2, 0.25) is 0 Å². The van der Waals surface area contributed by atoms with Gasteiger partial charge in [-0.25, -0.2) is 0 Å². The van der Waals surface area contributed by atoms with Crippen LogP contribution in [0, 0.1) is 0 Å². The van der Waals surface area contributed by atoms with Crippen molar-refractivity contribution in [3.63, 3.8) is 0 Å². The van der Waals surface area contributed by atoms with Crippen LogP contribution in [0.1, 0.15) is 11.1 Å². The third-order valence-corrected chi connectivity index (χ3v) is 8.37. The molecule has 0 fully saturated rings. The highest BCUT2D eigenvalue weighted by Crippen LogP contribution is 2.40. The number of hydrogen-bond acceptors (Lipinski definition) is 1. The van der Waals surface area contributed by atoms with Crippen LogP contribution in [0.15, 0.2) is 170 Å². The molecule has 0 saturated heterocycles. The maximum Gasteiger partial charge on any atom is 0.0541 e. The molecule has 0 atom stereocenters. The van der Waals surface area contributed by atoms with Gasteiger partial charge in [-0.1, -0.05) is 127 Å². The lowest BCUT2D eigenvalue weighted by Crippen LogP contribution is -2.10. The van der Waals surface area contributed by atoms with E-state index in [4.69, 9.17) is 0 Å². The molecule has 0 aliphatic heterocycles. The average Bonchev–Trinajstić information content (AvgIpc) is 3.43. The summed E-state index contributed by atoms with van der Waals surface area (Å²) in [7, 11) is 0. The van der Waals surface area contributed by atoms with Gasteiger partial charge in [-0.05, 0) is 71.1 Å². The summed E-state index contributed by atoms with van der Waals surface area (Å²) < 4.78 is 2.37. The fraction of sp³-hybridized carbons (Fsp3) is 0. The van der Waals surface area contributed by atoms with E-state index in [1.165, 1.54) is 38.1 Å².